The van der Waals surface area contributed by atoms with Gasteiger partial charge in [0.15, 0.2) is 0 Å². The fourth-order valence-electron chi connectivity index (χ4n) is 2.01. The number of aryl methyl sites for hydroxylation is 2. The number of hydrogen-bond acceptors (Lipinski definition) is 2. The maximum absolute atomic E-state index is 11.8. The Labute approximate surface area is 131 Å². The third-order valence-electron chi connectivity index (χ3n) is 3.37. The standard InChI is InChI=1S/C19H20N2O/c1-15-10-11-18(13-16(15)2)14-19(22)21-20-12-6-9-17-7-4-3-5-8-17/h3-13H,14H2,1-2H3,(H,21,22). The number of rotatable bonds is 5. The van der Waals surface area contributed by atoms with Gasteiger partial charge in [-0.3, -0.25) is 4.79 Å². The van der Waals surface area contributed by atoms with Crippen molar-refractivity contribution in [3.63, 3.8) is 0 Å². The highest BCUT2D eigenvalue weighted by atomic mass is 16.2. The van der Waals surface area contributed by atoms with Gasteiger partial charge in [0.25, 0.3) is 0 Å². The smallest absolute Gasteiger partial charge is 0.244 e. The number of carbonyl (C=O) groups is 1. The molecule has 112 valence electrons. The second kappa shape index (κ2) is 7.93. The van der Waals surface area contributed by atoms with Gasteiger partial charge >= 0.3 is 0 Å². The van der Waals surface area contributed by atoms with E-state index in [2.05, 4.69) is 17.5 Å². The average molecular weight is 292 g/mol. The fraction of sp³-hybridized carbons (Fsp3) is 0.158. The normalized spacial score (nSPS) is 11.2. The van der Waals surface area contributed by atoms with E-state index in [1.165, 1.54) is 11.1 Å². The van der Waals surface area contributed by atoms with Gasteiger partial charge in [-0.15, -0.1) is 0 Å². The highest BCUT2D eigenvalue weighted by Gasteiger charge is 2.02. The molecule has 0 unspecified atom stereocenters. The molecule has 0 radical (unpaired) electrons. The molecule has 0 bridgehead atoms. The van der Waals surface area contributed by atoms with Gasteiger partial charge in [0.2, 0.25) is 5.91 Å². The molecule has 0 aliphatic rings. The van der Waals surface area contributed by atoms with E-state index in [4.69, 9.17) is 0 Å². The summed E-state index contributed by atoms with van der Waals surface area (Å²) in [5.41, 5.74) is 7.04. The van der Waals surface area contributed by atoms with Crippen LogP contribution in [0.2, 0.25) is 0 Å². The molecule has 0 saturated carbocycles. The summed E-state index contributed by atoms with van der Waals surface area (Å²) in [6.45, 7) is 4.10. The molecule has 3 heteroatoms. The van der Waals surface area contributed by atoms with Crippen LogP contribution in [0.4, 0.5) is 0 Å². The molecule has 0 fully saturated rings. The van der Waals surface area contributed by atoms with Crippen molar-refractivity contribution < 1.29 is 4.79 Å². The summed E-state index contributed by atoms with van der Waals surface area (Å²) in [6, 6.07) is 16.0. The summed E-state index contributed by atoms with van der Waals surface area (Å²) >= 11 is 0. The van der Waals surface area contributed by atoms with Crippen molar-refractivity contribution >= 4 is 18.2 Å². The Bertz CT molecular complexity index is 688. The Morgan fingerprint density at radius 2 is 1.86 bits per heavy atom. The lowest BCUT2D eigenvalue weighted by atomic mass is 10.0. The Morgan fingerprint density at radius 3 is 2.59 bits per heavy atom. The van der Waals surface area contributed by atoms with Crippen LogP contribution in [0.5, 0.6) is 0 Å². The van der Waals surface area contributed by atoms with Gasteiger partial charge in [-0.25, -0.2) is 5.43 Å². The number of carbonyl (C=O) groups excluding carboxylic acids is 1. The Balaban J connectivity index is 1.81. The third kappa shape index (κ3) is 5.02. The van der Waals surface area contributed by atoms with Gasteiger partial charge in [-0.1, -0.05) is 54.6 Å². The Kier molecular flexibility index (Phi) is 5.66. The first-order chi connectivity index (χ1) is 10.6. The summed E-state index contributed by atoms with van der Waals surface area (Å²) in [7, 11) is 0. The zero-order valence-electron chi connectivity index (χ0n) is 12.9. The minimum absolute atomic E-state index is 0.118. The second-order valence-electron chi connectivity index (χ2n) is 5.18. The number of benzene rings is 2. The number of nitrogens with one attached hydrogen (secondary N) is 1. The number of hydrogen-bond donors (Lipinski definition) is 1. The van der Waals surface area contributed by atoms with E-state index in [9.17, 15) is 4.79 Å². The lowest BCUT2D eigenvalue weighted by Gasteiger charge is -2.04. The monoisotopic (exact) mass is 292 g/mol. The van der Waals surface area contributed by atoms with Gasteiger partial charge in [-0.2, -0.15) is 5.10 Å². The van der Waals surface area contributed by atoms with Gasteiger partial charge in [0, 0.05) is 6.21 Å². The van der Waals surface area contributed by atoms with Gasteiger partial charge in [0.1, 0.15) is 0 Å². The first-order valence-electron chi connectivity index (χ1n) is 7.25. The van der Waals surface area contributed by atoms with Crippen molar-refractivity contribution in [3.05, 3.63) is 76.9 Å². The van der Waals surface area contributed by atoms with E-state index in [-0.39, 0.29) is 5.91 Å². The van der Waals surface area contributed by atoms with Crippen LogP contribution in [-0.4, -0.2) is 12.1 Å². The molecular formula is C19H20N2O. The zero-order valence-corrected chi connectivity index (χ0v) is 12.9. The van der Waals surface area contributed by atoms with E-state index < -0.39 is 0 Å². The van der Waals surface area contributed by atoms with Crippen molar-refractivity contribution in [1.29, 1.82) is 0 Å². The highest BCUT2D eigenvalue weighted by molar-refractivity contribution is 5.82. The van der Waals surface area contributed by atoms with Gasteiger partial charge < -0.3 is 0 Å². The molecule has 0 spiro atoms. The van der Waals surface area contributed by atoms with Crippen LogP contribution in [0, 0.1) is 13.8 Å². The summed E-state index contributed by atoms with van der Waals surface area (Å²) in [4.78, 5) is 11.8. The van der Waals surface area contributed by atoms with Crippen LogP contribution in [0.15, 0.2) is 59.7 Å². The number of allylic oxidation sites excluding steroid dienone is 1. The minimum atomic E-state index is -0.118. The van der Waals surface area contributed by atoms with Crippen LogP contribution >= 0.6 is 0 Å². The maximum atomic E-state index is 11.8. The van der Waals surface area contributed by atoms with Crippen molar-refractivity contribution in [2.45, 2.75) is 20.3 Å². The molecule has 1 amide bonds. The predicted octanol–water partition coefficient (Wildman–Crippen LogP) is 3.66. The Hall–Kier alpha value is -2.68. The fourth-order valence-corrected chi connectivity index (χ4v) is 2.01. The van der Waals surface area contributed by atoms with Gasteiger partial charge in [0.05, 0.1) is 6.42 Å². The van der Waals surface area contributed by atoms with Crippen molar-refractivity contribution in [3.8, 4) is 0 Å². The second-order valence-corrected chi connectivity index (χ2v) is 5.18. The molecule has 22 heavy (non-hydrogen) atoms. The van der Waals surface area contributed by atoms with Crippen LogP contribution in [0.25, 0.3) is 6.08 Å². The first-order valence-corrected chi connectivity index (χ1v) is 7.25. The van der Waals surface area contributed by atoms with Crippen molar-refractivity contribution in [2.75, 3.05) is 0 Å². The summed E-state index contributed by atoms with van der Waals surface area (Å²) in [5, 5.41) is 3.91. The molecule has 2 rings (SSSR count). The van der Waals surface area contributed by atoms with Crippen LogP contribution in [-0.2, 0) is 11.2 Å². The van der Waals surface area contributed by atoms with E-state index in [0.717, 1.165) is 11.1 Å². The molecule has 0 aliphatic carbocycles. The molecule has 2 aromatic carbocycles. The highest BCUT2D eigenvalue weighted by Crippen LogP contribution is 2.10. The maximum Gasteiger partial charge on any atom is 0.244 e. The third-order valence-corrected chi connectivity index (χ3v) is 3.37. The molecule has 0 heterocycles. The van der Waals surface area contributed by atoms with Gasteiger partial charge in [-0.05, 0) is 42.2 Å². The number of hydrazone groups is 1. The van der Waals surface area contributed by atoms with E-state index in [0.29, 0.717) is 6.42 Å². The summed E-state index contributed by atoms with van der Waals surface area (Å²) in [6.07, 6.45) is 5.64. The zero-order chi connectivity index (χ0) is 15.8. The Morgan fingerprint density at radius 1 is 1.09 bits per heavy atom. The van der Waals surface area contributed by atoms with Crippen molar-refractivity contribution in [2.24, 2.45) is 5.10 Å². The lowest BCUT2D eigenvalue weighted by molar-refractivity contribution is -0.120. The molecule has 0 atom stereocenters. The van der Waals surface area contributed by atoms with Crippen molar-refractivity contribution in [1.82, 2.24) is 5.43 Å². The first kappa shape index (κ1) is 15.7. The van der Waals surface area contributed by atoms with E-state index in [1.54, 1.807) is 12.3 Å². The molecule has 3 nitrogen and oxygen atoms in total. The van der Waals surface area contributed by atoms with E-state index in [1.807, 2.05) is 61.5 Å². The largest absolute Gasteiger partial charge is 0.273 e. The molecule has 0 aliphatic heterocycles. The molecule has 2 aromatic rings. The predicted molar refractivity (Wildman–Crippen MR) is 91.7 cm³/mol. The SMILES string of the molecule is Cc1ccc(CC(=O)NN=CC=Cc2ccccc2)cc1C. The molecule has 0 saturated heterocycles. The lowest BCUT2D eigenvalue weighted by Crippen LogP contribution is -2.19. The van der Waals surface area contributed by atoms with Crippen LogP contribution in [0.1, 0.15) is 22.3 Å². The topological polar surface area (TPSA) is 41.5 Å². The summed E-state index contributed by atoms with van der Waals surface area (Å²) in [5.74, 6) is -0.118. The number of amides is 1. The van der Waals surface area contributed by atoms with E-state index >= 15 is 0 Å². The molecule has 1 N–H and O–H groups in total. The number of nitrogens with zero attached hydrogens (tertiary/aromatic N) is 1. The summed E-state index contributed by atoms with van der Waals surface area (Å²) < 4.78 is 0. The molecular weight excluding hydrogens is 272 g/mol. The molecule has 0 aromatic heterocycles. The van der Waals surface area contributed by atoms with Crippen LogP contribution in [0.3, 0.4) is 0 Å². The quantitative estimate of drug-likeness (QED) is 0.663. The minimum Gasteiger partial charge on any atom is -0.273 e. The van der Waals surface area contributed by atoms with Crippen LogP contribution < -0.4 is 5.43 Å². The average Bonchev–Trinajstić information content (AvgIpc) is 2.52.